The number of rotatable bonds is 0. The molecule has 1 nitrogen and oxygen atoms in total. The summed E-state index contributed by atoms with van der Waals surface area (Å²) in [6.07, 6.45) is 1.05. The van der Waals surface area contributed by atoms with Crippen LogP contribution in [0.5, 0.6) is 0 Å². The zero-order valence-corrected chi connectivity index (χ0v) is 9.48. The van der Waals surface area contributed by atoms with E-state index in [0.717, 1.165) is 13.0 Å². The van der Waals surface area contributed by atoms with Crippen LogP contribution < -0.4 is 4.90 Å². The summed E-state index contributed by atoms with van der Waals surface area (Å²) in [7, 11) is 2.17. The van der Waals surface area contributed by atoms with E-state index in [4.69, 9.17) is 0 Å². The van der Waals surface area contributed by atoms with Crippen molar-refractivity contribution in [3.63, 3.8) is 0 Å². The third-order valence-electron chi connectivity index (χ3n) is 3.31. The second-order valence-electron chi connectivity index (χ2n) is 4.43. The van der Waals surface area contributed by atoms with Gasteiger partial charge in [0.05, 0.1) is 0 Å². The van der Waals surface area contributed by atoms with Gasteiger partial charge in [0.1, 0.15) is 0 Å². The number of fused-ring (bicyclic) bond motifs is 2. The first-order chi connectivity index (χ1) is 7.84. The third kappa shape index (κ3) is 1.49. The summed E-state index contributed by atoms with van der Waals surface area (Å²) in [5.41, 5.74) is 5.69. The summed E-state index contributed by atoms with van der Waals surface area (Å²) >= 11 is 0. The summed E-state index contributed by atoms with van der Waals surface area (Å²) in [4.78, 5) is 2.33. The lowest BCUT2D eigenvalue weighted by atomic mass is 10.0. The molecular formula is C15H15N. The van der Waals surface area contributed by atoms with Crippen molar-refractivity contribution in [1.82, 2.24) is 0 Å². The van der Waals surface area contributed by atoms with E-state index in [1.165, 1.54) is 22.4 Å². The molecule has 0 aromatic heterocycles. The second-order valence-corrected chi connectivity index (χ2v) is 4.43. The fraction of sp³-hybridized carbons (Fsp3) is 0.200. The topological polar surface area (TPSA) is 3.24 Å². The van der Waals surface area contributed by atoms with Crippen LogP contribution in [0.3, 0.4) is 0 Å². The lowest BCUT2D eigenvalue weighted by Crippen LogP contribution is -2.16. The van der Waals surface area contributed by atoms with Crippen molar-refractivity contribution in [2.24, 2.45) is 0 Å². The molecular weight excluding hydrogens is 194 g/mol. The van der Waals surface area contributed by atoms with Crippen molar-refractivity contribution >= 4 is 5.69 Å². The van der Waals surface area contributed by atoms with Gasteiger partial charge < -0.3 is 4.90 Å². The molecule has 2 aromatic rings. The van der Waals surface area contributed by atoms with Crippen LogP contribution >= 0.6 is 0 Å². The van der Waals surface area contributed by atoms with Crippen LogP contribution in [0.1, 0.15) is 16.7 Å². The molecule has 0 unspecified atom stereocenters. The Morgan fingerprint density at radius 2 is 1.44 bits per heavy atom. The SMILES string of the molecule is CN1Cc2ccccc2Cc2ccccc21. The second kappa shape index (κ2) is 3.67. The van der Waals surface area contributed by atoms with Crippen LogP contribution in [0, 0.1) is 0 Å². The molecule has 0 spiro atoms. The Morgan fingerprint density at radius 1 is 0.812 bits per heavy atom. The van der Waals surface area contributed by atoms with Crippen molar-refractivity contribution in [3.05, 3.63) is 65.2 Å². The van der Waals surface area contributed by atoms with Gasteiger partial charge in [0.25, 0.3) is 0 Å². The van der Waals surface area contributed by atoms with E-state index < -0.39 is 0 Å². The Morgan fingerprint density at radius 3 is 2.25 bits per heavy atom. The zero-order chi connectivity index (χ0) is 11.0. The third-order valence-corrected chi connectivity index (χ3v) is 3.31. The first kappa shape index (κ1) is 9.46. The summed E-state index contributed by atoms with van der Waals surface area (Å²) in [5, 5.41) is 0. The molecule has 2 aromatic carbocycles. The highest BCUT2D eigenvalue weighted by atomic mass is 15.1. The lowest BCUT2D eigenvalue weighted by molar-refractivity contribution is 0.926. The van der Waals surface area contributed by atoms with Crippen LogP contribution in [0.2, 0.25) is 0 Å². The van der Waals surface area contributed by atoms with Crippen LogP contribution in [-0.4, -0.2) is 7.05 Å². The summed E-state index contributed by atoms with van der Waals surface area (Å²) in [5.74, 6) is 0. The van der Waals surface area contributed by atoms with Gasteiger partial charge in [-0.25, -0.2) is 0 Å². The van der Waals surface area contributed by atoms with Gasteiger partial charge in [0.15, 0.2) is 0 Å². The zero-order valence-electron chi connectivity index (χ0n) is 9.48. The molecule has 0 aliphatic carbocycles. The van der Waals surface area contributed by atoms with Crippen molar-refractivity contribution in [1.29, 1.82) is 0 Å². The number of hydrogen-bond donors (Lipinski definition) is 0. The molecule has 0 saturated carbocycles. The minimum absolute atomic E-state index is 1.01. The molecule has 0 N–H and O–H groups in total. The van der Waals surface area contributed by atoms with Gasteiger partial charge in [-0.05, 0) is 29.2 Å². The van der Waals surface area contributed by atoms with Crippen LogP contribution in [0.25, 0.3) is 0 Å². The lowest BCUT2D eigenvalue weighted by Gasteiger charge is -2.19. The summed E-state index contributed by atoms with van der Waals surface area (Å²) < 4.78 is 0. The Hall–Kier alpha value is -1.76. The number of anilines is 1. The molecule has 1 heteroatoms. The summed E-state index contributed by atoms with van der Waals surface area (Å²) in [6, 6.07) is 17.4. The minimum Gasteiger partial charge on any atom is -0.370 e. The van der Waals surface area contributed by atoms with Gasteiger partial charge in [-0.1, -0.05) is 42.5 Å². The molecule has 0 radical (unpaired) electrons. The Kier molecular flexibility index (Phi) is 2.17. The average Bonchev–Trinajstić information content (AvgIpc) is 2.45. The Balaban J connectivity index is 2.15. The van der Waals surface area contributed by atoms with Crippen LogP contribution in [-0.2, 0) is 13.0 Å². The quantitative estimate of drug-likeness (QED) is 0.644. The molecule has 80 valence electrons. The first-order valence-corrected chi connectivity index (χ1v) is 5.70. The first-order valence-electron chi connectivity index (χ1n) is 5.70. The highest BCUT2D eigenvalue weighted by molar-refractivity contribution is 5.57. The largest absolute Gasteiger partial charge is 0.370 e. The van der Waals surface area contributed by atoms with Crippen molar-refractivity contribution < 1.29 is 0 Å². The minimum atomic E-state index is 1.01. The van der Waals surface area contributed by atoms with Gasteiger partial charge in [-0.2, -0.15) is 0 Å². The maximum atomic E-state index is 2.33. The van der Waals surface area contributed by atoms with E-state index in [1.807, 2.05) is 0 Å². The van der Waals surface area contributed by atoms with Crippen LogP contribution in [0.15, 0.2) is 48.5 Å². The van der Waals surface area contributed by atoms with E-state index in [9.17, 15) is 0 Å². The van der Waals surface area contributed by atoms with Gasteiger partial charge >= 0.3 is 0 Å². The number of para-hydroxylation sites is 1. The molecule has 0 bridgehead atoms. The highest BCUT2D eigenvalue weighted by Crippen LogP contribution is 2.28. The predicted octanol–water partition coefficient (Wildman–Crippen LogP) is 3.23. The van der Waals surface area contributed by atoms with Gasteiger partial charge in [0, 0.05) is 19.3 Å². The molecule has 1 aliphatic rings. The number of benzene rings is 2. The molecule has 1 aliphatic heterocycles. The molecule has 1 heterocycles. The van der Waals surface area contributed by atoms with E-state index >= 15 is 0 Å². The van der Waals surface area contributed by atoms with Gasteiger partial charge in [-0.3, -0.25) is 0 Å². The van der Waals surface area contributed by atoms with Crippen molar-refractivity contribution in [2.45, 2.75) is 13.0 Å². The molecule has 0 saturated heterocycles. The van der Waals surface area contributed by atoms with Crippen LogP contribution in [0.4, 0.5) is 5.69 Å². The Labute approximate surface area is 96.3 Å². The normalized spacial score (nSPS) is 13.9. The fourth-order valence-electron chi connectivity index (χ4n) is 2.46. The monoisotopic (exact) mass is 209 g/mol. The predicted molar refractivity (Wildman–Crippen MR) is 67.8 cm³/mol. The molecule has 16 heavy (non-hydrogen) atoms. The molecule has 0 fully saturated rings. The van der Waals surface area contributed by atoms with Crippen molar-refractivity contribution in [2.75, 3.05) is 11.9 Å². The Bertz CT molecular complexity index is 516. The van der Waals surface area contributed by atoms with E-state index in [1.54, 1.807) is 0 Å². The molecule has 3 rings (SSSR count). The smallest absolute Gasteiger partial charge is 0.0429 e. The maximum absolute atomic E-state index is 2.33. The van der Waals surface area contributed by atoms with E-state index in [2.05, 4.69) is 60.5 Å². The number of nitrogens with zero attached hydrogens (tertiary/aromatic N) is 1. The molecule has 0 atom stereocenters. The summed E-state index contributed by atoms with van der Waals surface area (Å²) in [6.45, 7) is 1.01. The standard InChI is InChI=1S/C15H15N/c1-16-11-14-8-3-2-6-12(14)10-13-7-4-5-9-15(13)16/h2-9H,10-11H2,1H3. The van der Waals surface area contributed by atoms with Gasteiger partial charge in [0.2, 0.25) is 0 Å². The highest BCUT2D eigenvalue weighted by Gasteiger charge is 2.15. The number of hydrogen-bond acceptors (Lipinski definition) is 1. The molecule has 0 amide bonds. The fourth-order valence-corrected chi connectivity index (χ4v) is 2.46. The average molecular weight is 209 g/mol. The van der Waals surface area contributed by atoms with E-state index in [0.29, 0.717) is 0 Å². The van der Waals surface area contributed by atoms with Gasteiger partial charge in [-0.15, -0.1) is 0 Å². The maximum Gasteiger partial charge on any atom is 0.0429 e. The van der Waals surface area contributed by atoms with E-state index in [-0.39, 0.29) is 0 Å². The van der Waals surface area contributed by atoms with Crippen molar-refractivity contribution in [3.8, 4) is 0 Å².